The SMILES string of the molecule is CN1CC(c2ccc(C#Cc3ccnc(Cl)c3)cn2)=CC1(C)C. The topological polar surface area (TPSA) is 29.0 Å². The molecular weight excluding hydrogens is 306 g/mol. The molecule has 3 rings (SSSR count). The highest BCUT2D eigenvalue weighted by molar-refractivity contribution is 6.29. The summed E-state index contributed by atoms with van der Waals surface area (Å²) in [5.74, 6) is 6.18. The Morgan fingerprint density at radius 3 is 2.52 bits per heavy atom. The van der Waals surface area contributed by atoms with Crippen LogP contribution in [-0.4, -0.2) is 34.0 Å². The number of halogens is 1. The summed E-state index contributed by atoms with van der Waals surface area (Å²) >= 11 is 5.85. The van der Waals surface area contributed by atoms with Gasteiger partial charge in [-0.3, -0.25) is 9.88 Å². The van der Waals surface area contributed by atoms with E-state index in [0.29, 0.717) is 5.15 Å². The van der Waals surface area contributed by atoms with Crippen molar-refractivity contribution >= 4 is 17.2 Å². The molecule has 0 radical (unpaired) electrons. The minimum absolute atomic E-state index is 0.0795. The smallest absolute Gasteiger partial charge is 0.130 e. The molecule has 3 nitrogen and oxygen atoms in total. The van der Waals surface area contributed by atoms with Crippen LogP contribution in [0.15, 0.2) is 42.7 Å². The van der Waals surface area contributed by atoms with Crippen molar-refractivity contribution in [1.82, 2.24) is 14.9 Å². The molecule has 23 heavy (non-hydrogen) atoms. The zero-order chi connectivity index (χ0) is 16.4. The summed E-state index contributed by atoms with van der Waals surface area (Å²) in [4.78, 5) is 10.8. The fourth-order valence-corrected chi connectivity index (χ4v) is 2.65. The molecule has 0 aromatic carbocycles. The highest BCUT2D eigenvalue weighted by Crippen LogP contribution is 2.29. The quantitative estimate of drug-likeness (QED) is 0.592. The van der Waals surface area contributed by atoms with E-state index < -0.39 is 0 Å². The zero-order valence-electron chi connectivity index (χ0n) is 13.5. The second-order valence-electron chi connectivity index (χ2n) is 6.23. The van der Waals surface area contributed by atoms with Gasteiger partial charge in [0.2, 0.25) is 0 Å². The van der Waals surface area contributed by atoms with Crippen LogP contribution in [0, 0.1) is 11.8 Å². The van der Waals surface area contributed by atoms with Crippen LogP contribution in [0.25, 0.3) is 5.57 Å². The second kappa shape index (κ2) is 6.16. The summed E-state index contributed by atoms with van der Waals surface area (Å²) in [5.41, 5.74) is 4.08. The second-order valence-corrected chi connectivity index (χ2v) is 6.62. The van der Waals surface area contributed by atoms with Gasteiger partial charge in [-0.2, -0.15) is 0 Å². The molecule has 0 unspecified atom stereocenters. The van der Waals surface area contributed by atoms with Gasteiger partial charge in [0, 0.05) is 35.6 Å². The lowest BCUT2D eigenvalue weighted by molar-refractivity contribution is 0.249. The molecule has 0 aliphatic carbocycles. The summed E-state index contributed by atoms with van der Waals surface area (Å²) in [6, 6.07) is 7.62. The predicted octanol–water partition coefficient (Wildman–Crippen LogP) is 3.64. The average molecular weight is 324 g/mol. The minimum atomic E-state index is 0.0795. The van der Waals surface area contributed by atoms with Crippen LogP contribution < -0.4 is 0 Å². The van der Waals surface area contributed by atoms with Crippen LogP contribution in [0.2, 0.25) is 5.15 Å². The molecule has 1 aliphatic rings. The Hall–Kier alpha value is -2.15. The molecule has 0 bridgehead atoms. The van der Waals surface area contributed by atoms with Crippen LogP contribution in [-0.2, 0) is 0 Å². The van der Waals surface area contributed by atoms with E-state index in [0.717, 1.165) is 23.4 Å². The van der Waals surface area contributed by atoms with E-state index in [2.05, 4.69) is 53.7 Å². The van der Waals surface area contributed by atoms with Crippen molar-refractivity contribution in [3.8, 4) is 11.8 Å². The van der Waals surface area contributed by atoms with Crippen molar-refractivity contribution in [3.05, 3.63) is 64.7 Å². The van der Waals surface area contributed by atoms with Gasteiger partial charge in [-0.1, -0.05) is 29.5 Å². The average Bonchev–Trinajstić information content (AvgIpc) is 2.79. The normalized spacial score (nSPS) is 16.6. The van der Waals surface area contributed by atoms with E-state index >= 15 is 0 Å². The number of rotatable bonds is 1. The van der Waals surface area contributed by atoms with Crippen LogP contribution >= 0.6 is 11.6 Å². The van der Waals surface area contributed by atoms with E-state index in [1.54, 1.807) is 12.3 Å². The Kier molecular flexibility index (Phi) is 4.21. The zero-order valence-corrected chi connectivity index (χ0v) is 14.2. The highest BCUT2D eigenvalue weighted by Gasteiger charge is 2.29. The lowest BCUT2D eigenvalue weighted by Gasteiger charge is -2.26. The van der Waals surface area contributed by atoms with Crippen molar-refractivity contribution in [1.29, 1.82) is 0 Å². The first kappa shape index (κ1) is 15.7. The van der Waals surface area contributed by atoms with E-state index in [1.807, 2.05) is 24.4 Å². The molecule has 4 heteroatoms. The van der Waals surface area contributed by atoms with Gasteiger partial charge < -0.3 is 0 Å². The molecule has 0 spiro atoms. The lowest BCUT2D eigenvalue weighted by atomic mass is 10.0. The van der Waals surface area contributed by atoms with Crippen molar-refractivity contribution in [2.24, 2.45) is 0 Å². The first-order valence-electron chi connectivity index (χ1n) is 7.47. The molecule has 0 N–H and O–H groups in total. The number of pyridine rings is 2. The minimum Gasteiger partial charge on any atom is -0.293 e. The molecule has 0 saturated carbocycles. The fourth-order valence-electron chi connectivity index (χ4n) is 2.48. The molecular formula is C19H18ClN3. The molecule has 0 atom stereocenters. The Morgan fingerprint density at radius 2 is 1.91 bits per heavy atom. The van der Waals surface area contributed by atoms with Gasteiger partial charge in [-0.15, -0.1) is 0 Å². The number of aromatic nitrogens is 2. The third-order valence-electron chi connectivity index (χ3n) is 4.09. The Morgan fingerprint density at radius 1 is 1.13 bits per heavy atom. The standard InChI is InChI=1S/C19H18ClN3/c1-19(2)11-16(13-23(19)3)17-7-6-15(12-22-17)5-4-14-8-9-21-18(20)10-14/h6-12H,13H2,1-3H3. The van der Waals surface area contributed by atoms with Gasteiger partial charge in [-0.25, -0.2) is 4.98 Å². The van der Waals surface area contributed by atoms with Crippen molar-refractivity contribution in [2.45, 2.75) is 19.4 Å². The molecule has 1 aliphatic heterocycles. The van der Waals surface area contributed by atoms with Gasteiger partial charge in [0.15, 0.2) is 0 Å². The molecule has 0 amide bonds. The number of likely N-dealkylation sites (N-methyl/N-ethyl adjacent to an activating group) is 1. The van der Waals surface area contributed by atoms with E-state index in [9.17, 15) is 0 Å². The van der Waals surface area contributed by atoms with E-state index in [1.165, 1.54) is 5.57 Å². The summed E-state index contributed by atoms with van der Waals surface area (Å²) in [6.45, 7) is 5.33. The summed E-state index contributed by atoms with van der Waals surface area (Å²) in [6.07, 6.45) is 5.75. The molecule has 2 aromatic heterocycles. The molecule has 3 heterocycles. The maximum Gasteiger partial charge on any atom is 0.130 e. The summed E-state index contributed by atoms with van der Waals surface area (Å²) < 4.78 is 0. The van der Waals surface area contributed by atoms with Crippen LogP contribution in [0.4, 0.5) is 0 Å². The third-order valence-corrected chi connectivity index (χ3v) is 4.30. The van der Waals surface area contributed by atoms with Gasteiger partial charge >= 0.3 is 0 Å². The monoisotopic (exact) mass is 323 g/mol. The third kappa shape index (κ3) is 3.61. The van der Waals surface area contributed by atoms with Gasteiger partial charge in [0.05, 0.1) is 5.69 Å². The number of nitrogens with zero attached hydrogens (tertiary/aromatic N) is 3. The first-order chi connectivity index (χ1) is 10.9. The predicted molar refractivity (Wildman–Crippen MR) is 94.2 cm³/mol. The summed E-state index contributed by atoms with van der Waals surface area (Å²) in [5, 5.41) is 0.449. The van der Waals surface area contributed by atoms with Gasteiger partial charge in [0.25, 0.3) is 0 Å². The van der Waals surface area contributed by atoms with Crippen molar-refractivity contribution < 1.29 is 0 Å². The van der Waals surface area contributed by atoms with Crippen molar-refractivity contribution in [3.63, 3.8) is 0 Å². The summed E-state index contributed by atoms with van der Waals surface area (Å²) in [7, 11) is 2.13. The van der Waals surface area contributed by atoms with E-state index in [4.69, 9.17) is 11.6 Å². The largest absolute Gasteiger partial charge is 0.293 e. The Balaban J connectivity index is 1.79. The number of hydrogen-bond donors (Lipinski definition) is 0. The fraction of sp³-hybridized carbons (Fsp3) is 0.263. The van der Waals surface area contributed by atoms with Gasteiger partial charge in [-0.05, 0) is 50.7 Å². The maximum absolute atomic E-state index is 5.85. The Labute approximate surface area is 142 Å². The molecule has 0 saturated heterocycles. The van der Waals surface area contributed by atoms with Crippen LogP contribution in [0.5, 0.6) is 0 Å². The first-order valence-corrected chi connectivity index (χ1v) is 7.85. The molecule has 0 fully saturated rings. The number of hydrogen-bond acceptors (Lipinski definition) is 3. The lowest BCUT2D eigenvalue weighted by Crippen LogP contribution is -2.34. The van der Waals surface area contributed by atoms with Crippen molar-refractivity contribution in [2.75, 3.05) is 13.6 Å². The van der Waals surface area contributed by atoms with Crippen LogP contribution in [0.1, 0.15) is 30.7 Å². The molecule has 2 aromatic rings. The van der Waals surface area contributed by atoms with E-state index in [-0.39, 0.29) is 5.54 Å². The maximum atomic E-state index is 5.85. The van der Waals surface area contributed by atoms with Crippen LogP contribution in [0.3, 0.4) is 0 Å². The Bertz CT molecular complexity index is 810. The molecule has 116 valence electrons. The van der Waals surface area contributed by atoms with Gasteiger partial charge in [0.1, 0.15) is 5.15 Å². The highest BCUT2D eigenvalue weighted by atomic mass is 35.5.